The Balaban J connectivity index is 1.25. The van der Waals surface area contributed by atoms with E-state index < -0.39 is 5.97 Å². The zero-order valence-corrected chi connectivity index (χ0v) is 28.8. The fourth-order valence-electron chi connectivity index (χ4n) is 11.0. The molecule has 0 aliphatic heterocycles. The van der Waals surface area contributed by atoms with Crippen LogP contribution in [0, 0.1) is 39.9 Å². The molecule has 0 saturated heterocycles. The highest BCUT2D eigenvalue weighted by molar-refractivity contribution is 5.94. The number of carboxylic acids is 1. The molecule has 0 heterocycles. The van der Waals surface area contributed by atoms with Crippen molar-refractivity contribution in [2.75, 3.05) is 13.1 Å². The number of carbonyl (C=O) groups is 3. The number of hydrogen-bond donors (Lipinski definition) is 4. The monoisotopic (exact) mass is 636 g/mol. The quantitative estimate of drug-likeness (QED) is 0.201. The van der Waals surface area contributed by atoms with Crippen LogP contribution in [0.2, 0.25) is 0 Å². The number of rotatable bonds is 10. The highest BCUT2D eigenvalue weighted by Gasteiger charge is 2.61. The Labute approximate surface area is 277 Å². The molecule has 0 spiro atoms. The minimum Gasteiger partial charge on any atom is -0.481 e. The molecule has 4 saturated carbocycles. The molecule has 46 heavy (non-hydrogen) atoms. The third-order valence-corrected chi connectivity index (χ3v) is 13.4. The van der Waals surface area contributed by atoms with E-state index in [0.717, 1.165) is 50.5 Å². The van der Waals surface area contributed by atoms with Gasteiger partial charge < -0.3 is 20.8 Å². The molecule has 4 aliphatic carbocycles. The molecular weight excluding hydrogens is 576 g/mol. The second-order valence-corrected chi connectivity index (χ2v) is 16.2. The van der Waals surface area contributed by atoms with Crippen molar-refractivity contribution < 1.29 is 24.6 Å². The predicted octanol–water partition coefficient (Wildman–Crippen LogP) is 7.30. The van der Waals surface area contributed by atoms with E-state index in [1.807, 2.05) is 18.2 Å². The number of nitrogens with one attached hydrogen (secondary N) is 2. The van der Waals surface area contributed by atoms with Crippen LogP contribution in [0.3, 0.4) is 0 Å². The topological polar surface area (TPSA) is 116 Å². The van der Waals surface area contributed by atoms with Crippen molar-refractivity contribution in [3.63, 3.8) is 0 Å². The summed E-state index contributed by atoms with van der Waals surface area (Å²) in [5, 5.41) is 26.1. The summed E-state index contributed by atoms with van der Waals surface area (Å²) < 4.78 is 0. The number of amides is 2. The Morgan fingerprint density at radius 3 is 2.39 bits per heavy atom. The van der Waals surface area contributed by atoms with E-state index in [1.165, 1.54) is 38.5 Å². The first kappa shape index (κ1) is 34.9. The van der Waals surface area contributed by atoms with E-state index in [1.54, 1.807) is 6.07 Å². The van der Waals surface area contributed by atoms with Crippen molar-refractivity contribution in [1.82, 2.24) is 10.6 Å². The lowest BCUT2D eigenvalue weighted by Crippen LogP contribution is -2.58. The number of aliphatic hydroxyl groups is 1. The molecule has 0 bridgehead atoms. The maximum Gasteiger partial charge on any atom is 0.303 e. The molecule has 4 fully saturated rings. The van der Waals surface area contributed by atoms with Crippen LogP contribution < -0.4 is 10.6 Å². The highest BCUT2D eigenvalue weighted by atomic mass is 16.4. The molecule has 1 aromatic carbocycles. The summed E-state index contributed by atoms with van der Waals surface area (Å²) in [6, 6.07) is 7.62. The number of aliphatic hydroxyl groups excluding tert-OH is 1. The number of fused-ring (bicyclic) bond motifs is 5. The van der Waals surface area contributed by atoms with Gasteiger partial charge in [0.05, 0.1) is 11.5 Å². The van der Waals surface area contributed by atoms with Crippen molar-refractivity contribution >= 4 is 17.8 Å². The first-order valence-electron chi connectivity index (χ1n) is 18.5. The van der Waals surface area contributed by atoms with Crippen molar-refractivity contribution in [3.8, 4) is 0 Å². The van der Waals surface area contributed by atoms with Gasteiger partial charge in [-0.15, -0.1) is 0 Å². The van der Waals surface area contributed by atoms with Gasteiger partial charge in [-0.25, -0.2) is 0 Å². The maximum absolute atomic E-state index is 14.4. The van der Waals surface area contributed by atoms with Crippen LogP contribution >= 0.6 is 0 Å². The van der Waals surface area contributed by atoms with Gasteiger partial charge in [-0.3, -0.25) is 14.4 Å². The maximum atomic E-state index is 14.4. The normalized spacial score (nSPS) is 34.0. The number of carbonyl (C=O) groups excluding carboxylic acids is 2. The third kappa shape index (κ3) is 7.19. The Kier molecular flexibility index (Phi) is 11.2. The van der Waals surface area contributed by atoms with Gasteiger partial charge in [-0.1, -0.05) is 65.0 Å². The molecular formula is C39H60N2O5. The molecule has 4 aliphatic rings. The van der Waals surface area contributed by atoms with Gasteiger partial charge in [0.15, 0.2) is 0 Å². The molecule has 2 amide bonds. The van der Waals surface area contributed by atoms with E-state index in [2.05, 4.69) is 31.4 Å². The fraction of sp³-hybridized carbons (Fsp3) is 0.769. The van der Waals surface area contributed by atoms with Gasteiger partial charge in [-0.05, 0) is 123 Å². The molecule has 7 unspecified atom stereocenters. The first-order chi connectivity index (χ1) is 22.0. The van der Waals surface area contributed by atoms with Gasteiger partial charge in [-0.2, -0.15) is 0 Å². The average molecular weight is 637 g/mol. The third-order valence-electron chi connectivity index (χ3n) is 13.4. The van der Waals surface area contributed by atoms with E-state index in [4.69, 9.17) is 5.11 Å². The molecule has 4 N–H and O–H groups in total. The number of unbranched alkanes of at least 4 members (excludes halogenated alkanes) is 1. The molecule has 256 valence electrons. The van der Waals surface area contributed by atoms with Crippen LogP contribution in [0.1, 0.15) is 139 Å². The molecule has 0 aromatic heterocycles. The summed E-state index contributed by atoms with van der Waals surface area (Å²) in [5.74, 6) is 1.47. The van der Waals surface area contributed by atoms with Gasteiger partial charge in [0.25, 0.3) is 5.91 Å². The summed E-state index contributed by atoms with van der Waals surface area (Å²) in [7, 11) is 0. The van der Waals surface area contributed by atoms with Gasteiger partial charge in [0.1, 0.15) is 0 Å². The van der Waals surface area contributed by atoms with Gasteiger partial charge >= 0.3 is 5.97 Å². The summed E-state index contributed by atoms with van der Waals surface area (Å²) in [6.45, 7) is 8.19. The second-order valence-electron chi connectivity index (χ2n) is 16.2. The largest absolute Gasteiger partial charge is 0.481 e. The second kappa shape index (κ2) is 14.8. The zero-order chi connectivity index (χ0) is 33.0. The number of carboxylic acid groups (broad SMARTS) is 1. The van der Waals surface area contributed by atoms with E-state index in [9.17, 15) is 19.5 Å². The Morgan fingerprint density at radius 2 is 1.59 bits per heavy atom. The number of aliphatic carboxylic acids is 1. The molecule has 7 atom stereocenters. The fourth-order valence-corrected chi connectivity index (χ4v) is 11.0. The average Bonchev–Trinajstić information content (AvgIpc) is 3.46. The van der Waals surface area contributed by atoms with Crippen molar-refractivity contribution in [1.29, 1.82) is 0 Å². The zero-order valence-electron chi connectivity index (χ0n) is 28.8. The molecule has 5 rings (SSSR count). The highest BCUT2D eigenvalue weighted by Crippen LogP contribution is 2.66. The van der Waals surface area contributed by atoms with Crippen molar-refractivity contribution in [2.24, 2.45) is 39.9 Å². The lowest BCUT2D eigenvalue weighted by Gasteiger charge is -2.62. The molecule has 7 nitrogen and oxygen atoms in total. The van der Waals surface area contributed by atoms with Crippen LogP contribution in [0.4, 0.5) is 0 Å². The van der Waals surface area contributed by atoms with Crippen LogP contribution in [-0.4, -0.2) is 47.2 Å². The molecule has 0 radical (unpaired) electrons. The van der Waals surface area contributed by atoms with Crippen molar-refractivity contribution in [2.45, 2.75) is 136 Å². The lowest BCUT2D eigenvalue weighted by molar-refractivity contribution is -0.167. The van der Waals surface area contributed by atoms with Crippen LogP contribution in [0.5, 0.6) is 0 Å². The summed E-state index contributed by atoms with van der Waals surface area (Å²) in [4.78, 5) is 37.8. The van der Waals surface area contributed by atoms with E-state index in [-0.39, 0.29) is 40.6 Å². The lowest BCUT2D eigenvalue weighted by atomic mass is 9.43. The Hall–Kier alpha value is -2.41. The minimum absolute atomic E-state index is 0.0582. The summed E-state index contributed by atoms with van der Waals surface area (Å²) in [5.41, 5.74) is 1.51. The Bertz CT molecular complexity index is 1230. The van der Waals surface area contributed by atoms with Crippen molar-refractivity contribution in [3.05, 3.63) is 35.4 Å². The van der Waals surface area contributed by atoms with Gasteiger partial charge in [0, 0.05) is 25.1 Å². The van der Waals surface area contributed by atoms with Crippen LogP contribution in [-0.2, 0) is 16.0 Å². The summed E-state index contributed by atoms with van der Waals surface area (Å²) in [6.07, 6.45) is 16.6. The SMILES string of the molecule is CC1(C)C(O)CCC2(C)C3CCCCCCC4(C(=O)NCCc5cccc(C(=O)NCCCCC(=O)O)c5)CCCC4C3CCC12. The van der Waals surface area contributed by atoms with E-state index >= 15 is 0 Å². The molecule has 7 heteroatoms. The Morgan fingerprint density at radius 1 is 0.826 bits per heavy atom. The van der Waals surface area contributed by atoms with Crippen LogP contribution in [0.15, 0.2) is 24.3 Å². The summed E-state index contributed by atoms with van der Waals surface area (Å²) >= 11 is 0. The minimum atomic E-state index is -0.814. The standard InChI is InChI=1S/C39H60N2O5/c1-37(2)32-18-17-29-30(38(32,3)23-19-33(37)42)14-6-4-5-8-21-39(22-11-15-31(29)39)36(46)41-25-20-27-12-10-13-28(26-27)35(45)40-24-9-7-16-34(43)44/h10,12-13,26,29-33,42H,4-9,11,14-25H2,1-3H3,(H,40,45)(H,41,46)(H,43,44). The molecule has 1 aromatic rings. The smallest absolute Gasteiger partial charge is 0.303 e. The number of benzene rings is 1. The van der Waals surface area contributed by atoms with E-state index in [0.29, 0.717) is 61.6 Å². The predicted molar refractivity (Wildman–Crippen MR) is 181 cm³/mol. The van der Waals surface area contributed by atoms with Gasteiger partial charge in [0.2, 0.25) is 5.91 Å². The first-order valence-corrected chi connectivity index (χ1v) is 18.5. The number of hydrogen-bond acceptors (Lipinski definition) is 4. The van der Waals surface area contributed by atoms with Crippen LogP contribution in [0.25, 0.3) is 0 Å².